The molecule has 1 aromatic carbocycles. The number of allylic oxidation sites excluding steroid dienone is 1. The van der Waals surface area contributed by atoms with E-state index in [0.29, 0.717) is 34.9 Å². The smallest absolute Gasteiger partial charge is 0.338 e. The zero-order chi connectivity index (χ0) is 24.7. The Kier molecular flexibility index (Phi) is 9.47. The maximum absolute atomic E-state index is 12.9. The van der Waals surface area contributed by atoms with Gasteiger partial charge >= 0.3 is 5.97 Å². The predicted molar refractivity (Wildman–Crippen MR) is 131 cm³/mol. The summed E-state index contributed by atoms with van der Waals surface area (Å²) in [6, 6.07) is 7.00. The quantitative estimate of drug-likeness (QED) is 0.174. The molecule has 2 rings (SSSR count). The van der Waals surface area contributed by atoms with Crippen molar-refractivity contribution in [2.45, 2.75) is 48.0 Å². The minimum atomic E-state index is -0.476. The van der Waals surface area contributed by atoms with Gasteiger partial charge in [-0.2, -0.15) is 0 Å². The topological polar surface area (TPSA) is 76.8 Å². The van der Waals surface area contributed by atoms with Gasteiger partial charge in [-0.3, -0.25) is 9.59 Å². The van der Waals surface area contributed by atoms with Crippen molar-refractivity contribution in [3.05, 3.63) is 63.6 Å². The minimum Gasteiger partial charge on any atom is -0.458 e. The molecule has 0 saturated heterocycles. The lowest BCUT2D eigenvalue weighted by Crippen LogP contribution is -2.27. The summed E-state index contributed by atoms with van der Waals surface area (Å²) in [5.41, 5.74) is 3.65. The Balaban J connectivity index is 2.18. The summed E-state index contributed by atoms with van der Waals surface area (Å²) in [6.45, 7) is 12.0. The van der Waals surface area contributed by atoms with Crippen LogP contribution in [0.1, 0.15) is 76.7 Å². The molecule has 2 aromatic rings. The third kappa shape index (κ3) is 6.57. The third-order valence-corrected chi connectivity index (χ3v) is 5.64. The van der Waals surface area contributed by atoms with E-state index in [1.807, 2.05) is 19.1 Å². The van der Waals surface area contributed by atoms with Gasteiger partial charge in [-0.1, -0.05) is 13.0 Å². The van der Waals surface area contributed by atoms with Crippen LogP contribution in [-0.2, 0) is 4.74 Å². The number of hydrogen-bond acceptors (Lipinski definition) is 6. The Labute approximate surface area is 200 Å². The van der Waals surface area contributed by atoms with E-state index in [9.17, 15) is 14.4 Å². The number of furan rings is 1. The molecule has 6 nitrogen and oxygen atoms in total. The average molecular weight is 474 g/mol. The normalized spacial score (nSPS) is 11.7. The van der Waals surface area contributed by atoms with E-state index in [1.54, 1.807) is 32.9 Å². The number of alkyl halides is 1. The highest BCUT2D eigenvalue weighted by molar-refractivity contribution is 6.18. The highest BCUT2D eigenvalue weighted by Gasteiger charge is 2.23. The van der Waals surface area contributed by atoms with Crippen molar-refractivity contribution < 1.29 is 23.5 Å². The van der Waals surface area contributed by atoms with Gasteiger partial charge in [0.25, 0.3) is 0 Å². The lowest BCUT2D eigenvalue weighted by Gasteiger charge is -2.25. The molecule has 1 aromatic heterocycles. The van der Waals surface area contributed by atoms with Gasteiger partial charge in [0.15, 0.2) is 11.5 Å². The molecule has 0 aliphatic heterocycles. The molecule has 1 heterocycles. The van der Waals surface area contributed by atoms with E-state index < -0.39 is 11.8 Å². The summed E-state index contributed by atoms with van der Waals surface area (Å²) in [5, 5.41) is 0. The number of ether oxygens (including phenoxy) is 1. The molecule has 33 heavy (non-hydrogen) atoms. The van der Waals surface area contributed by atoms with Crippen molar-refractivity contribution in [1.29, 1.82) is 0 Å². The molecular formula is C26H32ClNO5. The molecule has 0 aliphatic carbocycles. The van der Waals surface area contributed by atoms with Crippen LogP contribution in [0, 0.1) is 13.8 Å². The average Bonchev–Trinajstić information content (AvgIpc) is 3.18. The summed E-state index contributed by atoms with van der Waals surface area (Å²) < 4.78 is 10.9. The van der Waals surface area contributed by atoms with Crippen LogP contribution >= 0.6 is 11.6 Å². The predicted octanol–water partition coefficient (Wildman–Crippen LogP) is 5.93. The van der Waals surface area contributed by atoms with Gasteiger partial charge < -0.3 is 14.1 Å². The number of carbonyl (C=O) groups excluding carboxylic acids is 3. The molecular weight excluding hydrogens is 442 g/mol. The van der Waals surface area contributed by atoms with Crippen LogP contribution in [-0.4, -0.2) is 43.1 Å². The van der Waals surface area contributed by atoms with Gasteiger partial charge in [0, 0.05) is 30.2 Å². The zero-order valence-corrected chi connectivity index (χ0v) is 21.0. The Morgan fingerprint density at radius 1 is 1.06 bits per heavy atom. The highest BCUT2D eigenvalue weighted by Crippen LogP contribution is 2.24. The molecule has 178 valence electrons. The number of rotatable bonds is 11. The van der Waals surface area contributed by atoms with Crippen LogP contribution in [0.5, 0.6) is 0 Å². The SMILES string of the molecule is CCCN(CCCl)c1cc(C(=O)OC/C(C)=C(\C)C(=O)c2oc(C)cc2C(C)=O)ccc1C. The molecule has 7 heteroatoms. The van der Waals surface area contributed by atoms with Crippen LogP contribution < -0.4 is 4.90 Å². The second kappa shape index (κ2) is 11.8. The second-order valence-corrected chi connectivity index (χ2v) is 8.52. The first-order valence-corrected chi connectivity index (χ1v) is 11.5. The van der Waals surface area contributed by atoms with Crippen LogP contribution in [0.15, 0.2) is 39.8 Å². The zero-order valence-electron chi connectivity index (χ0n) is 20.2. The van der Waals surface area contributed by atoms with Gasteiger partial charge in [0.1, 0.15) is 12.4 Å². The fourth-order valence-electron chi connectivity index (χ4n) is 3.48. The molecule has 0 atom stereocenters. The van der Waals surface area contributed by atoms with Gasteiger partial charge in [-0.05, 0) is 70.4 Å². The lowest BCUT2D eigenvalue weighted by molar-refractivity contribution is 0.0538. The number of esters is 1. The van der Waals surface area contributed by atoms with Crippen molar-refractivity contribution in [2.24, 2.45) is 0 Å². The van der Waals surface area contributed by atoms with Gasteiger partial charge in [-0.25, -0.2) is 4.79 Å². The van der Waals surface area contributed by atoms with E-state index >= 15 is 0 Å². The van der Waals surface area contributed by atoms with Crippen molar-refractivity contribution in [3.63, 3.8) is 0 Å². The summed E-state index contributed by atoms with van der Waals surface area (Å²) in [5.74, 6) is -0.115. The molecule has 0 amide bonds. The molecule has 0 bridgehead atoms. The molecule has 0 unspecified atom stereocenters. The Morgan fingerprint density at radius 3 is 2.36 bits per heavy atom. The molecule has 0 fully saturated rings. The minimum absolute atomic E-state index is 0.0154. The molecule has 0 spiro atoms. The maximum Gasteiger partial charge on any atom is 0.338 e. The summed E-state index contributed by atoms with van der Waals surface area (Å²) in [6.07, 6.45) is 0.961. The first-order valence-electron chi connectivity index (χ1n) is 11.0. The standard InChI is InChI=1S/C26H32ClNO5/c1-7-11-28(12-10-27)23-14-21(9-8-16(23)2)26(31)32-15-17(3)19(5)24(30)25-22(20(6)29)13-18(4)33-25/h8-9,13-14H,7,10-12,15H2,1-6H3/b19-17+. The lowest BCUT2D eigenvalue weighted by atomic mass is 10.0. The maximum atomic E-state index is 12.9. The van der Waals surface area contributed by atoms with Crippen LogP contribution in [0.4, 0.5) is 5.69 Å². The number of anilines is 1. The second-order valence-electron chi connectivity index (χ2n) is 8.14. The molecule has 0 radical (unpaired) electrons. The van der Waals surface area contributed by atoms with Gasteiger partial charge in [-0.15, -0.1) is 11.6 Å². The Morgan fingerprint density at radius 2 is 1.76 bits per heavy atom. The first-order chi connectivity index (χ1) is 15.6. The van der Waals surface area contributed by atoms with Gasteiger partial charge in [0.05, 0.1) is 11.1 Å². The number of halogens is 1. The highest BCUT2D eigenvalue weighted by atomic mass is 35.5. The van der Waals surface area contributed by atoms with Crippen LogP contribution in [0.3, 0.4) is 0 Å². The Bertz CT molecular complexity index is 1060. The number of carbonyl (C=O) groups is 3. The van der Waals surface area contributed by atoms with E-state index in [0.717, 1.165) is 24.2 Å². The summed E-state index contributed by atoms with van der Waals surface area (Å²) in [7, 11) is 0. The largest absolute Gasteiger partial charge is 0.458 e. The fraction of sp³-hybridized carbons (Fsp3) is 0.423. The van der Waals surface area contributed by atoms with Crippen LogP contribution in [0.2, 0.25) is 0 Å². The summed E-state index contributed by atoms with van der Waals surface area (Å²) in [4.78, 5) is 39.6. The third-order valence-electron chi connectivity index (χ3n) is 5.47. The fourth-order valence-corrected chi connectivity index (χ4v) is 3.68. The number of aryl methyl sites for hydroxylation is 2. The van der Waals surface area contributed by atoms with Gasteiger partial charge in [0.2, 0.25) is 5.78 Å². The number of Topliss-reactive ketones (excluding diaryl/α,β-unsaturated/α-hetero) is 2. The number of benzene rings is 1. The first kappa shape index (κ1) is 26.4. The van der Waals surface area contributed by atoms with Crippen molar-refractivity contribution in [1.82, 2.24) is 0 Å². The van der Waals surface area contributed by atoms with E-state index in [-0.39, 0.29) is 23.7 Å². The Hall–Kier alpha value is -2.86. The van der Waals surface area contributed by atoms with E-state index in [2.05, 4.69) is 11.8 Å². The van der Waals surface area contributed by atoms with Crippen molar-refractivity contribution in [2.75, 3.05) is 30.5 Å². The summed E-state index contributed by atoms with van der Waals surface area (Å²) >= 11 is 5.96. The number of ketones is 2. The molecule has 0 aliphatic rings. The van der Waals surface area contributed by atoms with Crippen molar-refractivity contribution >= 4 is 34.8 Å². The molecule has 0 saturated carbocycles. The molecule has 0 N–H and O–H groups in total. The number of hydrogen-bond donors (Lipinski definition) is 0. The monoisotopic (exact) mass is 473 g/mol. The number of nitrogens with zero attached hydrogens (tertiary/aromatic N) is 1. The van der Waals surface area contributed by atoms with Crippen LogP contribution in [0.25, 0.3) is 0 Å². The van der Waals surface area contributed by atoms with Crippen molar-refractivity contribution in [3.8, 4) is 0 Å². The van der Waals surface area contributed by atoms with E-state index in [1.165, 1.54) is 6.92 Å². The van der Waals surface area contributed by atoms with E-state index in [4.69, 9.17) is 20.8 Å².